The van der Waals surface area contributed by atoms with Gasteiger partial charge in [-0.05, 0) is 12.1 Å². The largest absolute Gasteiger partial charge is 0.460 e. The van der Waals surface area contributed by atoms with Gasteiger partial charge in [-0.15, -0.1) is 0 Å². The highest BCUT2D eigenvalue weighted by atomic mass is 19.4. The van der Waals surface area contributed by atoms with E-state index in [2.05, 4.69) is 15.1 Å². The number of rotatable bonds is 4. The van der Waals surface area contributed by atoms with Crippen molar-refractivity contribution >= 4 is 0 Å². The second-order valence-corrected chi connectivity index (χ2v) is 4.44. The Morgan fingerprint density at radius 3 is 1.96 bits per heavy atom. The zero-order valence-corrected chi connectivity index (χ0v) is 11.1. The van der Waals surface area contributed by atoms with Gasteiger partial charge in [-0.3, -0.25) is 10.1 Å². The highest BCUT2D eigenvalue weighted by Crippen LogP contribution is 2.55. The van der Waals surface area contributed by atoms with Gasteiger partial charge in [0.15, 0.2) is 5.82 Å². The summed E-state index contributed by atoms with van der Waals surface area (Å²) in [6.45, 7) is 0. The molecule has 132 valence electrons. The first-order valence-electron chi connectivity index (χ1n) is 5.87. The number of hydrogen-bond donors (Lipinski definition) is 1. The number of H-pyrrole nitrogens is 1. The first-order chi connectivity index (χ1) is 10.8. The molecule has 0 saturated heterocycles. The van der Waals surface area contributed by atoms with Crippen LogP contribution in [-0.4, -0.2) is 38.2 Å². The minimum atomic E-state index is -7.00. The molecule has 0 spiro atoms. The molecule has 0 radical (unpaired) electrons. The highest BCUT2D eigenvalue weighted by Gasteiger charge is 2.83. The molecule has 2 heterocycles. The monoisotopic (exact) mass is 364 g/mol. The van der Waals surface area contributed by atoms with Crippen molar-refractivity contribution in [3.8, 4) is 11.5 Å². The van der Waals surface area contributed by atoms with E-state index in [0.29, 0.717) is 0 Å². The molecule has 0 fully saturated rings. The molecule has 0 bridgehead atoms. The van der Waals surface area contributed by atoms with Crippen LogP contribution in [0, 0.1) is 0 Å². The number of halogens is 9. The average molecular weight is 364 g/mol. The lowest BCUT2D eigenvalue weighted by molar-refractivity contribution is -0.400. The summed E-state index contributed by atoms with van der Waals surface area (Å²) in [6.07, 6.45) is -5.74. The van der Waals surface area contributed by atoms with E-state index in [0.717, 1.165) is 6.20 Å². The molecule has 0 aliphatic heterocycles. The van der Waals surface area contributed by atoms with E-state index in [1.165, 1.54) is 23.3 Å². The van der Waals surface area contributed by atoms with Crippen LogP contribution in [0.1, 0.15) is 5.82 Å². The highest BCUT2D eigenvalue weighted by molar-refractivity contribution is 5.47. The predicted octanol–water partition coefficient (Wildman–Crippen LogP) is 3.79. The molecule has 0 atom stereocenters. The molecule has 4 nitrogen and oxygen atoms in total. The van der Waals surface area contributed by atoms with Gasteiger partial charge in [0, 0.05) is 6.20 Å². The van der Waals surface area contributed by atoms with Crippen LogP contribution in [-0.2, 0) is 5.92 Å². The summed E-state index contributed by atoms with van der Waals surface area (Å²) in [5, 5.41) is 4.31. The Bertz CT molecular complexity index is 708. The van der Waals surface area contributed by atoms with E-state index in [9.17, 15) is 39.5 Å². The van der Waals surface area contributed by atoms with E-state index in [1.807, 2.05) is 0 Å². The van der Waals surface area contributed by atoms with Gasteiger partial charge in [-0.1, -0.05) is 6.07 Å². The zero-order chi connectivity index (χ0) is 18.4. The van der Waals surface area contributed by atoms with Crippen molar-refractivity contribution in [1.29, 1.82) is 0 Å². The molecule has 0 unspecified atom stereocenters. The molecular formula is C11H5F9N4. The standard InChI is InChI=1S/C11H5F9N4/c12-8(13,9(14,15)10(16,17)11(18,19)20)7-22-6(23-24-7)5-3-1-2-4-21-5/h1-4H,(H,22,23,24). The van der Waals surface area contributed by atoms with Crippen LogP contribution in [0.4, 0.5) is 39.5 Å². The number of pyridine rings is 1. The third-order valence-corrected chi connectivity index (χ3v) is 2.82. The quantitative estimate of drug-likeness (QED) is 0.840. The lowest BCUT2D eigenvalue weighted by Gasteiger charge is -2.32. The zero-order valence-electron chi connectivity index (χ0n) is 11.1. The summed E-state index contributed by atoms with van der Waals surface area (Å²) in [4.78, 5) is 6.44. The second-order valence-electron chi connectivity index (χ2n) is 4.44. The van der Waals surface area contributed by atoms with Gasteiger partial charge in [0.2, 0.25) is 5.82 Å². The number of aromatic nitrogens is 4. The Morgan fingerprint density at radius 2 is 1.46 bits per heavy atom. The maximum Gasteiger partial charge on any atom is 0.460 e. The molecule has 2 rings (SSSR count). The smallest absolute Gasteiger partial charge is 0.257 e. The molecule has 13 heteroatoms. The van der Waals surface area contributed by atoms with Gasteiger partial charge >= 0.3 is 23.9 Å². The maximum absolute atomic E-state index is 13.6. The number of aromatic amines is 1. The lowest BCUT2D eigenvalue weighted by Crippen LogP contribution is -2.59. The molecule has 0 aromatic carbocycles. The maximum atomic E-state index is 13.6. The molecule has 0 aliphatic rings. The van der Waals surface area contributed by atoms with Crippen molar-refractivity contribution in [2.24, 2.45) is 0 Å². The number of alkyl halides is 9. The van der Waals surface area contributed by atoms with Crippen molar-refractivity contribution in [3.05, 3.63) is 30.2 Å². The fourth-order valence-corrected chi connectivity index (χ4v) is 1.54. The van der Waals surface area contributed by atoms with Crippen molar-refractivity contribution in [1.82, 2.24) is 20.2 Å². The molecule has 1 N–H and O–H groups in total. The van der Waals surface area contributed by atoms with Crippen LogP contribution in [0.25, 0.3) is 11.5 Å². The first kappa shape index (κ1) is 18.0. The van der Waals surface area contributed by atoms with Crippen molar-refractivity contribution in [2.75, 3.05) is 0 Å². The van der Waals surface area contributed by atoms with Crippen molar-refractivity contribution in [2.45, 2.75) is 23.9 Å². The molecular weight excluding hydrogens is 359 g/mol. The Balaban J connectivity index is 2.46. The third-order valence-electron chi connectivity index (χ3n) is 2.82. The Kier molecular flexibility index (Phi) is 4.01. The summed E-state index contributed by atoms with van der Waals surface area (Å²) in [5.41, 5.74) is -0.193. The number of hydrogen-bond acceptors (Lipinski definition) is 3. The van der Waals surface area contributed by atoms with Crippen LogP contribution in [0.15, 0.2) is 24.4 Å². The Morgan fingerprint density at radius 1 is 0.833 bits per heavy atom. The molecule has 2 aromatic heterocycles. The Labute approximate surface area is 126 Å². The number of nitrogens with one attached hydrogen (secondary N) is 1. The number of nitrogens with zero attached hydrogens (tertiary/aromatic N) is 3. The van der Waals surface area contributed by atoms with E-state index in [1.54, 1.807) is 0 Å². The molecule has 0 amide bonds. The van der Waals surface area contributed by atoms with Crippen LogP contribution in [0.3, 0.4) is 0 Å². The van der Waals surface area contributed by atoms with E-state index in [-0.39, 0.29) is 5.69 Å². The van der Waals surface area contributed by atoms with Gasteiger partial charge in [-0.2, -0.15) is 44.6 Å². The Hall–Kier alpha value is -2.34. The van der Waals surface area contributed by atoms with Crippen LogP contribution >= 0.6 is 0 Å². The topological polar surface area (TPSA) is 54.5 Å². The van der Waals surface area contributed by atoms with Gasteiger partial charge < -0.3 is 0 Å². The van der Waals surface area contributed by atoms with Crippen LogP contribution < -0.4 is 0 Å². The molecule has 2 aromatic rings. The predicted molar refractivity (Wildman–Crippen MR) is 59.5 cm³/mol. The SMILES string of the molecule is FC(F)(F)C(F)(F)C(F)(F)C(F)(F)c1nc(-c2ccccn2)n[nH]1. The van der Waals surface area contributed by atoms with E-state index < -0.39 is 35.6 Å². The van der Waals surface area contributed by atoms with Crippen LogP contribution in [0.5, 0.6) is 0 Å². The van der Waals surface area contributed by atoms with Crippen LogP contribution in [0.2, 0.25) is 0 Å². The van der Waals surface area contributed by atoms with E-state index >= 15 is 0 Å². The molecule has 0 aliphatic carbocycles. The summed E-state index contributed by atoms with van der Waals surface area (Å²) in [6, 6.07) is 3.93. The second kappa shape index (κ2) is 5.34. The lowest BCUT2D eigenvalue weighted by atomic mass is 10.0. The summed E-state index contributed by atoms with van der Waals surface area (Å²) in [7, 11) is 0. The van der Waals surface area contributed by atoms with E-state index in [4.69, 9.17) is 0 Å². The van der Waals surface area contributed by atoms with Gasteiger partial charge in [0.1, 0.15) is 5.69 Å². The average Bonchev–Trinajstić information content (AvgIpc) is 2.97. The van der Waals surface area contributed by atoms with Gasteiger partial charge in [-0.25, -0.2) is 4.98 Å². The normalized spacial score (nSPS) is 14.0. The van der Waals surface area contributed by atoms with Crippen molar-refractivity contribution < 1.29 is 39.5 Å². The minimum absolute atomic E-state index is 0.193. The molecule has 24 heavy (non-hydrogen) atoms. The first-order valence-corrected chi connectivity index (χ1v) is 5.87. The summed E-state index contributed by atoms with van der Waals surface area (Å²) in [5.74, 6) is -22.6. The van der Waals surface area contributed by atoms with Crippen molar-refractivity contribution in [3.63, 3.8) is 0 Å². The minimum Gasteiger partial charge on any atom is -0.257 e. The molecule has 0 saturated carbocycles. The van der Waals surface area contributed by atoms with Gasteiger partial charge in [0.25, 0.3) is 0 Å². The summed E-state index contributed by atoms with van der Waals surface area (Å²) < 4.78 is 115. The fraction of sp³-hybridized carbons (Fsp3) is 0.364. The van der Waals surface area contributed by atoms with Gasteiger partial charge in [0.05, 0.1) is 0 Å². The summed E-state index contributed by atoms with van der Waals surface area (Å²) >= 11 is 0. The third kappa shape index (κ3) is 2.57. The fourth-order valence-electron chi connectivity index (χ4n) is 1.54.